The zero-order valence-corrected chi connectivity index (χ0v) is 15.1. The summed E-state index contributed by atoms with van der Waals surface area (Å²) in [6.45, 7) is 5.12. The summed E-state index contributed by atoms with van der Waals surface area (Å²) >= 11 is 0. The summed E-state index contributed by atoms with van der Waals surface area (Å²) in [5, 5.41) is 0. The fraction of sp³-hybridized carbons (Fsp3) is 0.300. The molecule has 2 aromatic carbocycles. The Kier molecular flexibility index (Phi) is 7.49. The van der Waals surface area contributed by atoms with Crippen LogP contribution in [0.15, 0.2) is 48.5 Å². The van der Waals surface area contributed by atoms with Crippen LogP contribution in [0.25, 0.3) is 0 Å². The molecule has 0 bridgehead atoms. The van der Waals surface area contributed by atoms with Crippen LogP contribution in [-0.4, -0.2) is 25.0 Å². The number of carbonyl (C=O) groups is 2. The standard InChI is InChI=1S/C20H24N2O4/c1-3-12-25-17-11-10-16(14-18(17)26-13-4-2)20(24)22-21-19(23)15-8-6-5-7-9-15/h5-11,14H,3-4,12-13H2,1-2H3,(H,21,23)(H,22,24). The van der Waals surface area contributed by atoms with Crippen LogP contribution < -0.4 is 20.3 Å². The second kappa shape index (κ2) is 10.1. The maximum Gasteiger partial charge on any atom is 0.269 e. The van der Waals surface area contributed by atoms with Gasteiger partial charge in [-0.25, -0.2) is 0 Å². The first-order chi connectivity index (χ1) is 12.7. The lowest BCUT2D eigenvalue weighted by Crippen LogP contribution is -2.41. The minimum atomic E-state index is -0.433. The predicted octanol–water partition coefficient (Wildman–Crippen LogP) is 3.34. The van der Waals surface area contributed by atoms with Gasteiger partial charge in [0.2, 0.25) is 0 Å². The van der Waals surface area contributed by atoms with Crippen molar-refractivity contribution in [1.29, 1.82) is 0 Å². The third kappa shape index (κ3) is 5.51. The highest BCUT2D eigenvalue weighted by Gasteiger charge is 2.13. The Bertz CT molecular complexity index is 732. The number of carbonyl (C=O) groups excluding carboxylic acids is 2. The molecule has 6 heteroatoms. The summed E-state index contributed by atoms with van der Waals surface area (Å²) in [4.78, 5) is 24.3. The van der Waals surface area contributed by atoms with Crippen LogP contribution in [0.2, 0.25) is 0 Å². The Labute approximate surface area is 153 Å². The Morgan fingerprint density at radius 2 is 1.35 bits per heavy atom. The molecule has 2 rings (SSSR count). The zero-order valence-electron chi connectivity index (χ0n) is 15.1. The largest absolute Gasteiger partial charge is 0.490 e. The van der Waals surface area contributed by atoms with Crippen LogP contribution in [0.1, 0.15) is 47.4 Å². The molecule has 2 N–H and O–H groups in total. The molecule has 0 fully saturated rings. The molecule has 0 unspecified atom stereocenters. The van der Waals surface area contributed by atoms with Crippen LogP contribution >= 0.6 is 0 Å². The molecule has 2 aromatic rings. The lowest BCUT2D eigenvalue weighted by molar-refractivity contribution is 0.0846. The third-order valence-corrected chi connectivity index (χ3v) is 3.45. The van der Waals surface area contributed by atoms with Crippen molar-refractivity contribution in [2.45, 2.75) is 26.7 Å². The Balaban J connectivity index is 2.04. The van der Waals surface area contributed by atoms with Crippen molar-refractivity contribution in [3.05, 3.63) is 59.7 Å². The average Bonchev–Trinajstić information content (AvgIpc) is 2.69. The van der Waals surface area contributed by atoms with Gasteiger partial charge in [-0.05, 0) is 43.2 Å². The Morgan fingerprint density at radius 3 is 1.96 bits per heavy atom. The van der Waals surface area contributed by atoms with E-state index < -0.39 is 5.91 Å². The van der Waals surface area contributed by atoms with E-state index in [1.54, 1.807) is 42.5 Å². The number of ether oxygens (including phenoxy) is 2. The maximum atomic E-state index is 12.3. The van der Waals surface area contributed by atoms with Crippen molar-refractivity contribution in [3.8, 4) is 11.5 Å². The first-order valence-corrected chi connectivity index (χ1v) is 8.71. The maximum absolute atomic E-state index is 12.3. The number of rotatable bonds is 8. The third-order valence-electron chi connectivity index (χ3n) is 3.45. The molecule has 6 nitrogen and oxygen atoms in total. The predicted molar refractivity (Wildman–Crippen MR) is 99.4 cm³/mol. The fourth-order valence-electron chi connectivity index (χ4n) is 2.15. The van der Waals surface area contributed by atoms with Gasteiger partial charge in [-0.15, -0.1) is 0 Å². The van der Waals surface area contributed by atoms with Gasteiger partial charge in [0.25, 0.3) is 11.8 Å². The number of amides is 2. The molecule has 0 spiro atoms. The molecule has 0 heterocycles. The van der Waals surface area contributed by atoms with Gasteiger partial charge in [0.1, 0.15) is 0 Å². The van der Waals surface area contributed by atoms with E-state index in [2.05, 4.69) is 10.9 Å². The molecule has 138 valence electrons. The summed E-state index contributed by atoms with van der Waals surface area (Å²) in [7, 11) is 0. The highest BCUT2D eigenvalue weighted by molar-refractivity contribution is 5.99. The molecule has 0 saturated carbocycles. The Morgan fingerprint density at radius 1 is 0.769 bits per heavy atom. The summed E-state index contributed by atoms with van der Waals surface area (Å²) in [6.07, 6.45) is 1.72. The minimum absolute atomic E-state index is 0.369. The highest BCUT2D eigenvalue weighted by atomic mass is 16.5. The van der Waals surface area contributed by atoms with Crippen LogP contribution in [0.5, 0.6) is 11.5 Å². The van der Waals surface area contributed by atoms with Crippen LogP contribution in [0.4, 0.5) is 0 Å². The number of hydrazine groups is 1. The lowest BCUT2D eigenvalue weighted by Gasteiger charge is -2.14. The van der Waals surface area contributed by atoms with E-state index in [0.717, 1.165) is 12.8 Å². The summed E-state index contributed by atoms with van der Waals surface area (Å²) in [5.74, 6) is 0.300. The van der Waals surface area contributed by atoms with E-state index in [1.165, 1.54) is 0 Å². The monoisotopic (exact) mass is 356 g/mol. The van der Waals surface area contributed by atoms with Gasteiger partial charge in [-0.2, -0.15) is 0 Å². The molecule has 0 aromatic heterocycles. The molecule has 0 aliphatic rings. The first-order valence-electron chi connectivity index (χ1n) is 8.71. The second-order valence-electron chi connectivity index (χ2n) is 5.63. The molecular formula is C20H24N2O4. The highest BCUT2D eigenvalue weighted by Crippen LogP contribution is 2.28. The topological polar surface area (TPSA) is 76.7 Å². The normalized spacial score (nSPS) is 10.1. The second-order valence-corrected chi connectivity index (χ2v) is 5.63. The van der Waals surface area contributed by atoms with Gasteiger partial charge < -0.3 is 9.47 Å². The van der Waals surface area contributed by atoms with E-state index in [-0.39, 0.29) is 5.91 Å². The van der Waals surface area contributed by atoms with E-state index in [4.69, 9.17) is 9.47 Å². The Hall–Kier alpha value is -3.02. The fourth-order valence-corrected chi connectivity index (χ4v) is 2.15. The van der Waals surface area contributed by atoms with Crippen molar-refractivity contribution >= 4 is 11.8 Å². The molecule has 0 atom stereocenters. The number of hydrogen-bond donors (Lipinski definition) is 2. The van der Waals surface area contributed by atoms with Crippen molar-refractivity contribution in [2.24, 2.45) is 0 Å². The van der Waals surface area contributed by atoms with Crippen molar-refractivity contribution < 1.29 is 19.1 Å². The molecule has 0 radical (unpaired) electrons. The van der Waals surface area contributed by atoms with Crippen molar-refractivity contribution in [1.82, 2.24) is 10.9 Å². The van der Waals surface area contributed by atoms with E-state index in [1.807, 2.05) is 19.9 Å². The van der Waals surface area contributed by atoms with Crippen LogP contribution in [0, 0.1) is 0 Å². The minimum Gasteiger partial charge on any atom is -0.490 e. The molecule has 0 aliphatic heterocycles. The molecular weight excluding hydrogens is 332 g/mol. The molecule has 2 amide bonds. The van der Waals surface area contributed by atoms with Crippen molar-refractivity contribution in [2.75, 3.05) is 13.2 Å². The quantitative estimate of drug-likeness (QED) is 0.711. The van der Waals surface area contributed by atoms with E-state index >= 15 is 0 Å². The molecule has 0 aliphatic carbocycles. The van der Waals surface area contributed by atoms with E-state index in [9.17, 15) is 9.59 Å². The summed E-state index contributed by atoms with van der Waals surface area (Å²) in [5.41, 5.74) is 5.64. The van der Waals surface area contributed by atoms with Gasteiger partial charge in [0, 0.05) is 11.1 Å². The number of benzene rings is 2. The van der Waals surface area contributed by atoms with Gasteiger partial charge in [-0.3, -0.25) is 20.4 Å². The smallest absolute Gasteiger partial charge is 0.269 e. The first kappa shape index (κ1) is 19.3. The average molecular weight is 356 g/mol. The summed E-state index contributed by atoms with van der Waals surface area (Å²) < 4.78 is 11.3. The van der Waals surface area contributed by atoms with Gasteiger partial charge in [0.15, 0.2) is 11.5 Å². The van der Waals surface area contributed by atoms with Gasteiger partial charge in [0.05, 0.1) is 13.2 Å². The SMILES string of the molecule is CCCOc1ccc(C(=O)NNC(=O)c2ccccc2)cc1OCCC. The van der Waals surface area contributed by atoms with Crippen LogP contribution in [-0.2, 0) is 0 Å². The van der Waals surface area contributed by atoms with Gasteiger partial charge in [-0.1, -0.05) is 32.0 Å². The molecule has 0 saturated heterocycles. The summed E-state index contributed by atoms with van der Waals surface area (Å²) in [6, 6.07) is 13.6. The number of nitrogens with one attached hydrogen (secondary N) is 2. The van der Waals surface area contributed by atoms with Crippen molar-refractivity contribution in [3.63, 3.8) is 0 Å². The molecule has 26 heavy (non-hydrogen) atoms. The van der Waals surface area contributed by atoms with Crippen LogP contribution in [0.3, 0.4) is 0 Å². The zero-order chi connectivity index (χ0) is 18.8. The lowest BCUT2D eigenvalue weighted by atomic mass is 10.2. The van der Waals surface area contributed by atoms with E-state index in [0.29, 0.717) is 35.8 Å². The van der Waals surface area contributed by atoms with Gasteiger partial charge >= 0.3 is 0 Å². The number of hydrogen-bond acceptors (Lipinski definition) is 4.